The number of hydrogen-bond donors (Lipinski definition) is 1. The number of benzene rings is 1. The number of aromatic nitrogens is 4. The minimum absolute atomic E-state index is 0.207. The van der Waals surface area contributed by atoms with Crippen LogP contribution in [0.5, 0.6) is 0 Å². The Morgan fingerprint density at radius 3 is 2.54 bits per heavy atom. The van der Waals surface area contributed by atoms with Crippen LogP contribution in [0.1, 0.15) is 12.8 Å². The molecule has 0 bridgehead atoms. The van der Waals surface area contributed by atoms with Gasteiger partial charge in [-0.05, 0) is 30.7 Å². The van der Waals surface area contributed by atoms with Crippen molar-refractivity contribution in [1.82, 2.24) is 18.7 Å². The van der Waals surface area contributed by atoms with Crippen molar-refractivity contribution in [3.63, 3.8) is 0 Å². The maximum absolute atomic E-state index is 12.9. The summed E-state index contributed by atoms with van der Waals surface area (Å²) in [6, 6.07) is 5.52. The first kappa shape index (κ1) is 17.6. The Labute approximate surface area is 147 Å². The predicted octanol–water partition coefficient (Wildman–Crippen LogP) is 0.992. The van der Waals surface area contributed by atoms with Crippen molar-refractivity contribution in [2.24, 2.45) is 14.1 Å². The number of amides is 1. The first-order valence-electron chi connectivity index (χ1n) is 8.04. The van der Waals surface area contributed by atoms with Crippen molar-refractivity contribution in [1.29, 1.82) is 0 Å². The molecule has 0 aliphatic heterocycles. The number of nitrogens with zero attached hydrogens (tertiary/aromatic N) is 4. The molecule has 2 aromatic heterocycles. The van der Waals surface area contributed by atoms with E-state index in [2.05, 4.69) is 10.3 Å². The molecule has 3 aromatic rings. The summed E-state index contributed by atoms with van der Waals surface area (Å²) in [6.45, 7) is 0.404. The number of carbonyl (C=O) groups is 1. The summed E-state index contributed by atoms with van der Waals surface area (Å²) in [5.41, 5.74) is 0.304. The fourth-order valence-electron chi connectivity index (χ4n) is 2.73. The van der Waals surface area contributed by atoms with Gasteiger partial charge in [0, 0.05) is 32.7 Å². The number of fused-ring (bicyclic) bond motifs is 1. The average Bonchev–Trinajstić information content (AvgIpc) is 3.04. The van der Waals surface area contributed by atoms with Gasteiger partial charge in [0.2, 0.25) is 5.91 Å². The lowest BCUT2D eigenvalue weighted by Crippen LogP contribution is -2.37. The molecule has 3 rings (SSSR count). The van der Waals surface area contributed by atoms with Crippen LogP contribution in [0.2, 0.25) is 0 Å². The normalized spacial score (nSPS) is 11.0. The van der Waals surface area contributed by atoms with Gasteiger partial charge in [-0.1, -0.05) is 0 Å². The van der Waals surface area contributed by atoms with Gasteiger partial charge in [0.25, 0.3) is 5.56 Å². The highest BCUT2D eigenvalue weighted by Gasteiger charge is 2.14. The molecule has 0 radical (unpaired) electrons. The Bertz CT molecular complexity index is 1080. The Morgan fingerprint density at radius 1 is 1.15 bits per heavy atom. The summed E-state index contributed by atoms with van der Waals surface area (Å²) in [7, 11) is 2.97. The summed E-state index contributed by atoms with van der Waals surface area (Å²) >= 11 is 0. The molecule has 1 amide bonds. The lowest BCUT2D eigenvalue weighted by atomic mass is 10.2. The van der Waals surface area contributed by atoms with Crippen LogP contribution in [0.4, 0.5) is 10.1 Å². The molecule has 9 heteroatoms. The van der Waals surface area contributed by atoms with Gasteiger partial charge in [-0.25, -0.2) is 14.2 Å². The lowest BCUT2D eigenvalue weighted by Gasteiger charge is -2.07. The predicted molar refractivity (Wildman–Crippen MR) is 94.5 cm³/mol. The molecule has 0 unspecified atom stereocenters. The van der Waals surface area contributed by atoms with E-state index in [1.165, 1.54) is 42.2 Å². The summed E-state index contributed by atoms with van der Waals surface area (Å²) < 4.78 is 16.8. The van der Waals surface area contributed by atoms with Crippen molar-refractivity contribution in [3.05, 3.63) is 57.2 Å². The van der Waals surface area contributed by atoms with E-state index in [1.54, 1.807) is 11.6 Å². The molecule has 0 saturated carbocycles. The number of carbonyl (C=O) groups excluding carboxylic acids is 1. The van der Waals surface area contributed by atoms with Crippen molar-refractivity contribution in [2.45, 2.75) is 19.4 Å². The number of anilines is 1. The molecule has 0 aliphatic rings. The van der Waals surface area contributed by atoms with E-state index in [1.807, 2.05) is 0 Å². The van der Waals surface area contributed by atoms with Gasteiger partial charge in [-0.2, -0.15) is 0 Å². The fraction of sp³-hybridized carbons (Fsp3) is 0.294. The molecule has 136 valence electrons. The van der Waals surface area contributed by atoms with Crippen LogP contribution >= 0.6 is 0 Å². The van der Waals surface area contributed by atoms with E-state index in [9.17, 15) is 18.8 Å². The van der Waals surface area contributed by atoms with E-state index in [0.717, 1.165) is 4.57 Å². The molecule has 0 saturated heterocycles. The van der Waals surface area contributed by atoms with E-state index in [-0.39, 0.29) is 18.1 Å². The van der Waals surface area contributed by atoms with Gasteiger partial charge in [-0.15, -0.1) is 0 Å². The van der Waals surface area contributed by atoms with E-state index in [0.29, 0.717) is 29.8 Å². The quantitative estimate of drug-likeness (QED) is 0.736. The van der Waals surface area contributed by atoms with Crippen molar-refractivity contribution in [2.75, 3.05) is 5.32 Å². The first-order valence-corrected chi connectivity index (χ1v) is 8.04. The monoisotopic (exact) mass is 359 g/mol. The molecule has 26 heavy (non-hydrogen) atoms. The molecule has 1 aromatic carbocycles. The SMILES string of the molecule is Cn1c(=O)c2c(ncn2CCCC(=O)Nc2ccc(F)cc2)n(C)c1=O. The highest BCUT2D eigenvalue weighted by atomic mass is 19.1. The Hall–Kier alpha value is -3.23. The molecule has 0 spiro atoms. The highest BCUT2D eigenvalue weighted by molar-refractivity contribution is 5.90. The number of rotatable bonds is 5. The van der Waals surface area contributed by atoms with Gasteiger partial charge in [0.05, 0.1) is 6.33 Å². The van der Waals surface area contributed by atoms with Crippen molar-refractivity contribution < 1.29 is 9.18 Å². The summed E-state index contributed by atoms with van der Waals surface area (Å²) in [5, 5.41) is 2.68. The molecule has 0 fully saturated rings. The zero-order chi connectivity index (χ0) is 18.8. The third kappa shape index (κ3) is 3.28. The minimum Gasteiger partial charge on any atom is -0.326 e. The van der Waals surface area contributed by atoms with Crippen molar-refractivity contribution >= 4 is 22.8 Å². The number of imidazole rings is 1. The Morgan fingerprint density at radius 2 is 1.85 bits per heavy atom. The third-order valence-electron chi connectivity index (χ3n) is 4.15. The molecule has 0 aliphatic carbocycles. The van der Waals surface area contributed by atoms with Gasteiger partial charge < -0.3 is 9.88 Å². The smallest absolute Gasteiger partial charge is 0.326 e. The topological polar surface area (TPSA) is 90.9 Å². The van der Waals surface area contributed by atoms with Crippen LogP contribution in [-0.4, -0.2) is 24.6 Å². The van der Waals surface area contributed by atoms with Gasteiger partial charge in [0.15, 0.2) is 11.2 Å². The highest BCUT2D eigenvalue weighted by Crippen LogP contribution is 2.10. The summed E-state index contributed by atoms with van der Waals surface area (Å²) in [5.74, 6) is -0.577. The van der Waals surface area contributed by atoms with Crippen LogP contribution in [0.15, 0.2) is 40.2 Å². The maximum Gasteiger partial charge on any atom is 0.332 e. The van der Waals surface area contributed by atoms with Crippen LogP contribution in [0.25, 0.3) is 11.2 Å². The Balaban J connectivity index is 1.69. The number of halogens is 1. The van der Waals surface area contributed by atoms with E-state index in [4.69, 9.17) is 0 Å². The molecule has 1 N–H and O–H groups in total. The summed E-state index contributed by atoms with van der Waals surface area (Å²) in [6.07, 6.45) is 2.19. The zero-order valence-electron chi connectivity index (χ0n) is 14.4. The van der Waals surface area contributed by atoms with Crippen LogP contribution < -0.4 is 16.6 Å². The number of hydrogen-bond acceptors (Lipinski definition) is 4. The first-order chi connectivity index (χ1) is 12.4. The van der Waals surface area contributed by atoms with Crippen LogP contribution in [0.3, 0.4) is 0 Å². The van der Waals surface area contributed by atoms with Crippen molar-refractivity contribution in [3.8, 4) is 0 Å². The molecular formula is C17H18FN5O3. The molecule has 2 heterocycles. The molecule has 8 nitrogen and oxygen atoms in total. The average molecular weight is 359 g/mol. The third-order valence-corrected chi connectivity index (χ3v) is 4.15. The molecular weight excluding hydrogens is 341 g/mol. The second-order valence-electron chi connectivity index (χ2n) is 5.97. The number of aryl methyl sites for hydroxylation is 2. The zero-order valence-corrected chi connectivity index (χ0v) is 14.4. The maximum atomic E-state index is 12.9. The largest absolute Gasteiger partial charge is 0.332 e. The van der Waals surface area contributed by atoms with Crippen LogP contribution in [0, 0.1) is 5.82 Å². The van der Waals surface area contributed by atoms with E-state index < -0.39 is 11.2 Å². The number of nitrogens with one attached hydrogen (secondary N) is 1. The van der Waals surface area contributed by atoms with Gasteiger partial charge in [0.1, 0.15) is 5.82 Å². The minimum atomic E-state index is -0.438. The second kappa shape index (κ2) is 6.95. The van der Waals surface area contributed by atoms with E-state index >= 15 is 0 Å². The van der Waals surface area contributed by atoms with Gasteiger partial charge >= 0.3 is 5.69 Å². The molecule has 0 atom stereocenters. The van der Waals surface area contributed by atoms with Crippen LogP contribution in [-0.2, 0) is 25.4 Å². The summed E-state index contributed by atoms with van der Waals surface area (Å²) in [4.78, 5) is 40.3. The van der Waals surface area contributed by atoms with Gasteiger partial charge in [-0.3, -0.25) is 18.7 Å². The Kier molecular flexibility index (Phi) is 4.70. The lowest BCUT2D eigenvalue weighted by molar-refractivity contribution is -0.116. The standard InChI is InChI=1S/C17H18FN5O3/c1-21-15-14(16(25)22(2)17(21)26)23(10-19-15)9-3-4-13(24)20-12-7-5-11(18)6-8-12/h5-8,10H,3-4,9H2,1-2H3,(H,20,24). The second-order valence-corrected chi connectivity index (χ2v) is 5.97. The fourth-order valence-corrected chi connectivity index (χ4v) is 2.73.